The Morgan fingerprint density at radius 1 is 1.00 bits per heavy atom. The molecule has 0 fully saturated rings. The van der Waals surface area contributed by atoms with Crippen LogP contribution in [0.2, 0.25) is 0 Å². The van der Waals surface area contributed by atoms with Gasteiger partial charge in [-0.3, -0.25) is 0 Å². The average Bonchev–Trinajstić information content (AvgIpc) is 3.14. The normalized spacial score (nSPS) is 11.2. The third kappa shape index (κ3) is 3.48. The molecule has 5 nitrogen and oxygen atoms in total. The Morgan fingerprint density at radius 2 is 1.75 bits per heavy atom. The van der Waals surface area contributed by atoms with Crippen molar-refractivity contribution in [1.29, 1.82) is 0 Å². The minimum absolute atomic E-state index is 0.192. The number of carboxylic acid groups (broad SMARTS) is 1. The zero-order valence-corrected chi connectivity index (χ0v) is 17.8. The maximum atomic E-state index is 12.1. The Hall–Kier alpha value is -4.12. The first-order valence-electron chi connectivity index (χ1n) is 10.3. The highest BCUT2D eigenvalue weighted by atomic mass is 16.5. The van der Waals surface area contributed by atoms with E-state index < -0.39 is 5.97 Å². The smallest absolute Gasteiger partial charge is 0.336 e. The number of rotatable bonds is 5. The number of aromatic carboxylic acids is 1. The summed E-state index contributed by atoms with van der Waals surface area (Å²) in [6.07, 6.45) is 0. The first-order chi connectivity index (χ1) is 15.5. The molecule has 158 valence electrons. The van der Waals surface area contributed by atoms with E-state index in [-0.39, 0.29) is 5.56 Å². The molecule has 0 saturated carbocycles. The van der Waals surface area contributed by atoms with Crippen LogP contribution in [0.1, 0.15) is 27.0 Å². The topological polar surface area (TPSA) is 72.6 Å². The minimum atomic E-state index is -1.01. The third-order valence-corrected chi connectivity index (χ3v) is 5.63. The van der Waals surface area contributed by atoms with Gasteiger partial charge in [0.15, 0.2) is 5.76 Å². The second-order valence-electron chi connectivity index (χ2n) is 7.82. The van der Waals surface area contributed by atoms with Crippen molar-refractivity contribution in [3.05, 3.63) is 95.1 Å². The highest BCUT2D eigenvalue weighted by Gasteiger charge is 2.20. The van der Waals surface area contributed by atoms with Gasteiger partial charge < -0.3 is 14.3 Å². The fourth-order valence-corrected chi connectivity index (χ4v) is 4.07. The molecular weight excluding hydrogens is 402 g/mol. The molecule has 0 radical (unpaired) electrons. The molecule has 2 aromatic heterocycles. The number of hydrogen-bond donors (Lipinski definition) is 1. The van der Waals surface area contributed by atoms with Gasteiger partial charge in [0.1, 0.15) is 23.6 Å². The lowest BCUT2D eigenvalue weighted by Crippen LogP contribution is -2.03. The molecule has 0 aliphatic rings. The van der Waals surface area contributed by atoms with E-state index in [0.29, 0.717) is 34.7 Å². The molecule has 5 rings (SSSR count). The van der Waals surface area contributed by atoms with Crippen molar-refractivity contribution in [2.45, 2.75) is 20.5 Å². The number of ether oxygens (including phenoxy) is 1. The van der Waals surface area contributed by atoms with Crippen LogP contribution in [-0.4, -0.2) is 16.1 Å². The van der Waals surface area contributed by atoms with Crippen LogP contribution in [0.3, 0.4) is 0 Å². The Labute approximate surface area is 184 Å². The summed E-state index contributed by atoms with van der Waals surface area (Å²) in [4.78, 5) is 16.9. The van der Waals surface area contributed by atoms with Crippen LogP contribution >= 0.6 is 0 Å². The first-order valence-corrected chi connectivity index (χ1v) is 10.3. The Morgan fingerprint density at radius 3 is 2.50 bits per heavy atom. The van der Waals surface area contributed by atoms with E-state index in [2.05, 4.69) is 0 Å². The molecule has 0 spiro atoms. The number of carboxylic acids is 1. The van der Waals surface area contributed by atoms with Crippen molar-refractivity contribution < 1.29 is 19.1 Å². The molecule has 0 aliphatic heterocycles. The highest BCUT2D eigenvalue weighted by molar-refractivity contribution is 6.05. The quantitative estimate of drug-likeness (QED) is 0.347. The summed E-state index contributed by atoms with van der Waals surface area (Å²) in [6, 6.07) is 22.9. The number of furan rings is 1. The third-order valence-electron chi connectivity index (χ3n) is 5.63. The summed E-state index contributed by atoms with van der Waals surface area (Å²) in [6.45, 7) is 4.25. The molecule has 1 N–H and O–H groups in total. The molecule has 0 atom stereocenters. The van der Waals surface area contributed by atoms with Gasteiger partial charge in [0, 0.05) is 22.4 Å². The van der Waals surface area contributed by atoms with Crippen LogP contribution in [0, 0.1) is 13.8 Å². The highest BCUT2D eigenvalue weighted by Crippen LogP contribution is 2.35. The predicted molar refractivity (Wildman–Crippen MR) is 124 cm³/mol. The van der Waals surface area contributed by atoms with E-state index in [1.54, 1.807) is 12.1 Å². The average molecular weight is 423 g/mol. The summed E-state index contributed by atoms with van der Waals surface area (Å²) in [5.74, 6) is 0.207. The van der Waals surface area contributed by atoms with E-state index in [1.807, 2.05) is 74.5 Å². The lowest BCUT2D eigenvalue weighted by molar-refractivity contribution is 0.0699. The molecule has 0 aliphatic carbocycles. The summed E-state index contributed by atoms with van der Waals surface area (Å²) < 4.78 is 12.0. The van der Waals surface area contributed by atoms with Crippen molar-refractivity contribution in [1.82, 2.24) is 4.98 Å². The Bertz CT molecular complexity index is 1470. The molecule has 0 unspecified atom stereocenters. The second kappa shape index (κ2) is 7.85. The van der Waals surface area contributed by atoms with Crippen LogP contribution in [0.15, 0.2) is 77.2 Å². The number of aromatic nitrogens is 1. The van der Waals surface area contributed by atoms with Gasteiger partial charge in [0.2, 0.25) is 0 Å². The molecule has 5 heteroatoms. The summed E-state index contributed by atoms with van der Waals surface area (Å²) in [7, 11) is 0. The zero-order valence-electron chi connectivity index (χ0n) is 17.8. The molecule has 0 amide bonds. The zero-order chi connectivity index (χ0) is 22.2. The van der Waals surface area contributed by atoms with Crippen molar-refractivity contribution in [3.63, 3.8) is 0 Å². The number of pyridine rings is 1. The largest absolute Gasteiger partial charge is 0.489 e. The number of nitrogens with zero attached hydrogens (tertiary/aromatic N) is 1. The molecule has 2 heterocycles. The summed E-state index contributed by atoms with van der Waals surface area (Å²) in [5, 5.41) is 11.5. The number of aryl methyl sites for hydroxylation is 2. The minimum Gasteiger partial charge on any atom is -0.489 e. The molecule has 3 aromatic carbocycles. The maximum absolute atomic E-state index is 12.1. The number of fused-ring (bicyclic) bond motifs is 2. The van der Waals surface area contributed by atoms with Crippen LogP contribution in [0.5, 0.6) is 5.75 Å². The van der Waals surface area contributed by atoms with Crippen molar-refractivity contribution in [2.75, 3.05) is 0 Å². The van der Waals surface area contributed by atoms with E-state index in [9.17, 15) is 9.90 Å². The van der Waals surface area contributed by atoms with Gasteiger partial charge >= 0.3 is 5.97 Å². The number of benzene rings is 3. The van der Waals surface area contributed by atoms with Crippen molar-refractivity contribution >= 4 is 27.8 Å². The van der Waals surface area contributed by atoms with Crippen LogP contribution < -0.4 is 4.74 Å². The summed E-state index contributed by atoms with van der Waals surface area (Å²) >= 11 is 0. The Kier molecular flexibility index (Phi) is 4.86. The lowest BCUT2D eigenvalue weighted by Gasteiger charge is -2.12. The van der Waals surface area contributed by atoms with Crippen LogP contribution in [0.4, 0.5) is 0 Å². The van der Waals surface area contributed by atoms with Gasteiger partial charge in [-0.25, -0.2) is 9.78 Å². The maximum Gasteiger partial charge on any atom is 0.336 e. The monoisotopic (exact) mass is 423 g/mol. The van der Waals surface area contributed by atoms with Crippen LogP contribution in [0.25, 0.3) is 33.3 Å². The molecule has 5 aromatic rings. The standard InChI is InChI=1S/C27H21NO4/c1-16-12-19(31-15-18-8-4-3-5-9-18)13-22-25(16)21(27(29)30)14-23(28-22)26-17(2)20-10-6-7-11-24(20)32-26/h3-14H,15H2,1-2H3,(H,29,30). The van der Waals surface area contributed by atoms with E-state index in [4.69, 9.17) is 14.1 Å². The van der Waals surface area contributed by atoms with Gasteiger partial charge in [0.05, 0.1) is 11.1 Å². The molecular formula is C27H21NO4. The number of carbonyl (C=O) groups is 1. The van der Waals surface area contributed by atoms with Gasteiger partial charge in [-0.2, -0.15) is 0 Å². The SMILES string of the molecule is Cc1c(-c2cc(C(=O)O)c3c(C)cc(OCc4ccccc4)cc3n2)oc2ccccc12. The molecule has 32 heavy (non-hydrogen) atoms. The second-order valence-corrected chi connectivity index (χ2v) is 7.82. The fraction of sp³-hybridized carbons (Fsp3) is 0.111. The molecule has 0 bridgehead atoms. The van der Waals surface area contributed by atoms with Gasteiger partial charge in [-0.1, -0.05) is 48.5 Å². The van der Waals surface area contributed by atoms with E-state index >= 15 is 0 Å². The van der Waals surface area contributed by atoms with Gasteiger partial charge in [0.25, 0.3) is 0 Å². The summed E-state index contributed by atoms with van der Waals surface area (Å²) in [5.41, 5.74) is 4.76. The fourth-order valence-electron chi connectivity index (χ4n) is 4.07. The molecule has 0 saturated heterocycles. The van der Waals surface area contributed by atoms with Crippen molar-refractivity contribution in [3.8, 4) is 17.2 Å². The first kappa shape index (κ1) is 19.8. The van der Waals surface area contributed by atoms with E-state index in [1.165, 1.54) is 0 Å². The van der Waals surface area contributed by atoms with Gasteiger partial charge in [-0.05, 0) is 43.2 Å². The van der Waals surface area contributed by atoms with Crippen LogP contribution in [-0.2, 0) is 6.61 Å². The predicted octanol–water partition coefficient (Wildman–Crippen LogP) is 6.54. The lowest BCUT2D eigenvalue weighted by atomic mass is 10.0. The number of hydrogen-bond acceptors (Lipinski definition) is 4. The van der Waals surface area contributed by atoms with Gasteiger partial charge in [-0.15, -0.1) is 0 Å². The number of para-hydroxylation sites is 1. The van der Waals surface area contributed by atoms with E-state index in [0.717, 1.165) is 27.7 Å². The Balaban J connectivity index is 1.64. The van der Waals surface area contributed by atoms with Crippen molar-refractivity contribution in [2.24, 2.45) is 0 Å².